The summed E-state index contributed by atoms with van der Waals surface area (Å²) in [5.74, 6) is -0.166. The fourth-order valence-corrected chi connectivity index (χ4v) is 3.01. The molecular formula is C17H21FN4O. The number of halogens is 1. The first kappa shape index (κ1) is 15.7. The Kier molecular flexibility index (Phi) is 4.71. The molecule has 3 rings (SSSR count). The van der Waals surface area contributed by atoms with Gasteiger partial charge in [-0.3, -0.25) is 9.48 Å². The molecule has 1 N–H and O–H groups in total. The van der Waals surface area contributed by atoms with E-state index in [1.807, 2.05) is 24.2 Å². The van der Waals surface area contributed by atoms with Crippen molar-refractivity contribution >= 4 is 5.91 Å². The van der Waals surface area contributed by atoms with E-state index in [1.165, 1.54) is 12.1 Å². The van der Waals surface area contributed by atoms with Gasteiger partial charge in [-0.15, -0.1) is 0 Å². The number of carbonyl (C=O) groups is 1. The van der Waals surface area contributed by atoms with E-state index in [2.05, 4.69) is 10.4 Å². The third kappa shape index (κ3) is 3.76. The normalized spacial score (nSPS) is 18.2. The third-order valence-electron chi connectivity index (χ3n) is 4.18. The fourth-order valence-electron chi connectivity index (χ4n) is 3.01. The molecule has 0 spiro atoms. The minimum absolute atomic E-state index is 0.101. The number of hydrogen-bond donors (Lipinski definition) is 1. The maximum absolute atomic E-state index is 13.5. The highest BCUT2D eigenvalue weighted by molar-refractivity contribution is 5.77. The van der Waals surface area contributed by atoms with E-state index >= 15 is 0 Å². The summed E-state index contributed by atoms with van der Waals surface area (Å²) in [4.78, 5) is 14.5. The van der Waals surface area contributed by atoms with E-state index in [0.717, 1.165) is 17.7 Å². The molecule has 0 bridgehead atoms. The molecule has 1 aromatic carbocycles. The van der Waals surface area contributed by atoms with Crippen LogP contribution in [0.15, 0.2) is 36.7 Å². The second-order valence-electron chi connectivity index (χ2n) is 5.88. The number of piperazine rings is 1. The second kappa shape index (κ2) is 6.91. The van der Waals surface area contributed by atoms with E-state index in [1.54, 1.807) is 16.9 Å². The molecule has 1 fully saturated rings. The lowest BCUT2D eigenvalue weighted by molar-refractivity contribution is -0.134. The zero-order valence-corrected chi connectivity index (χ0v) is 13.2. The van der Waals surface area contributed by atoms with Gasteiger partial charge in [0.15, 0.2) is 0 Å². The highest BCUT2D eigenvalue weighted by atomic mass is 19.1. The van der Waals surface area contributed by atoms with Crippen molar-refractivity contribution < 1.29 is 9.18 Å². The molecule has 0 radical (unpaired) electrons. The number of amides is 1. The van der Waals surface area contributed by atoms with Crippen LogP contribution >= 0.6 is 0 Å². The summed E-state index contributed by atoms with van der Waals surface area (Å²) in [7, 11) is 1.86. The van der Waals surface area contributed by atoms with Crippen LogP contribution in [0, 0.1) is 5.82 Å². The van der Waals surface area contributed by atoms with Crippen molar-refractivity contribution in [2.75, 3.05) is 19.6 Å². The zero-order valence-electron chi connectivity index (χ0n) is 13.2. The highest BCUT2D eigenvalue weighted by Gasteiger charge is 2.27. The van der Waals surface area contributed by atoms with Crippen molar-refractivity contribution in [1.82, 2.24) is 20.0 Å². The largest absolute Gasteiger partial charge is 0.333 e. The van der Waals surface area contributed by atoms with E-state index < -0.39 is 0 Å². The van der Waals surface area contributed by atoms with E-state index in [9.17, 15) is 9.18 Å². The summed E-state index contributed by atoms with van der Waals surface area (Å²) in [6.07, 6.45) is 4.83. The molecule has 23 heavy (non-hydrogen) atoms. The van der Waals surface area contributed by atoms with Crippen LogP contribution in [0.4, 0.5) is 4.39 Å². The van der Waals surface area contributed by atoms with Crippen LogP contribution in [0.1, 0.15) is 23.6 Å². The predicted molar refractivity (Wildman–Crippen MR) is 85.3 cm³/mol. The number of benzene rings is 1. The van der Waals surface area contributed by atoms with Crippen LogP contribution in [-0.4, -0.2) is 40.2 Å². The number of aryl methyl sites for hydroxylation is 2. The van der Waals surface area contributed by atoms with Crippen molar-refractivity contribution in [1.29, 1.82) is 0 Å². The Morgan fingerprint density at radius 2 is 2.35 bits per heavy atom. The summed E-state index contributed by atoms with van der Waals surface area (Å²) < 4.78 is 15.2. The number of nitrogens with one attached hydrogen (secondary N) is 1. The molecule has 5 nitrogen and oxygen atoms in total. The lowest BCUT2D eigenvalue weighted by Gasteiger charge is -2.36. The monoisotopic (exact) mass is 316 g/mol. The Morgan fingerprint density at radius 3 is 3.09 bits per heavy atom. The zero-order chi connectivity index (χ0) is 16.2. The van der Waals surface area contributed by atoms with Gasteiger partial charge in [0.25, 0.3) is 0 Å². The molecule has 2 aromatic rings. The second-order valence-corrected chi connectivity index (χ2v) is 5.88. The quantitative estimate of drug-likeness (QED) is 0.933. The Bertz CT molecular complexity index is 685. The van der Waals surface area contributed by atoms with Crippen LogP contribution < -0.4 is 5.32 Å². The standard InChI is InChI=1S/C17H21FN4O/c1-21-12-13(10-20-21)5-6-17(23)22-8-7-19-11-16(22)14-3-2-4-15(18)9-14/h2-4,9-10,12,16,19H,5-8,11H2,1H3. The van der Waals surface area contributed by atoms with Crippen LogP contribution in [0.2, 0.25) is 0 Å². The molecule has 122 valence electrons. The van der Waals surface area contributed by atoms with Crippen molar-refractivity contribution in [2.24, 2.45) is 7.05 Å². The van der Waals surface area contributed by atoms with Gasteiger partial charge in [0, 0.05) is 39.3 Å². The Hall–Kier alpha value is -2.21. The summed E-state index contributed by atoms with van der Waals surface area (Å²) >= 11 is 0. The highest BCUT2D eigenvalue weighted by Crippen LogP contribution is 2.24. The van der Waals surface area contributed by atoms with Crippen LogP contribution in [-0.2, 0) is 18.3 Å². The van der Waals surface area contributed by atoms with Gasteiger partial charge in [-0.1, -0.05) is 12.1 Å². The molecule has 1 aromatic heterocycles. The molecule has 6 heteroatoms. The first-order valence-corrected chi connectivity index (χ1v) is 7.86. The summed E-state index contributed by atoms with van der Waals surface area (Å²) in [5.41, 5.74) is 1.89. The van der Waals surface area contributed by atoms with E-state index in [0.29, 0.717) is 25.9 Å². The molecule has 1 aliphatic heterocycles. The van der Waals surface area contributed by atoms with Gasteiger partial charge in [0.2, 0.25) is 5.91 Å². The van der Waals surface area contributed by atoms with E-state index in [4.69, 9.17) is 0 Å². The summed E-state index contributed by atoms with van der Waals surface area (Å²) in [6.45, 7) is 2.07. The Labute approximate surface area is 135 Å². The van der Waals surface area contributed by atoms with Crippen molar-refractivity contribution in [3.63, 3.8) is 0 Å². The molecule has 1 atom stereocenters. The molecule has 2 heterocycles. The molecule has 1 saturated heterocycles. The molecule has 0 saturated carbocycles. The smallest absolute Gasteiger partial charge is 0.223 e. The number of rotatable bonds is 4. The maximum Gasteiger partial charge on any atom is 0.223 e. The first-order valence-electron chi connectivity index (χ1n) is 7.86. The maximum atomic E-state index is 13.5. The van der Waals surface area contributed by atoms with Crippen molar-refractivity contribution in [3.05, 3.63) is 53.6 Å². The average Bonchev–Trinajstić information content (AvgIpc) is 2.98. The van der Waals surface area contributed by atoms with Crippen LogP contribution in [0.25, 0.3) is 0 Å². The number of aromatic nitrogens is 2. The molecule has 1 aliphatic rings. The van der Waals surface area contributed by atoms with Gasteiger partial charge >= 0.3 is 0 Å². The van der Waals surface area contributed by atoms with E-state index in [-0.39, 0.29) is 17.8 Å². The van der Waals surface area contributed by atoms with Gasteiger partial charge in [-0.05, 0) is 29.7 Å². The predicted octanol–water partition coefficient (Wildman–Crippen LogP) is 1.66. The van der Waals surface area contributed by atoms with Crippen molar-refractivity contribution in [2.45, 2.75) is 18.9 Å². The lowest BCUT2D eigenvalue weighted by Crippen LogP contribution is -2.48. The molecule has 1 unspecified atom stereocenters. The topological polar surface area (TPSA) is 50.2 Å². The average molecular weight is 316 g/mol. The van der Waals surface area contributed by atoms with Gasteiger partial charge in [0.1, 0.15) is 5.82 Å². The van der Waals surface area contributed by atoms with Gasteiger partial charge in [0.05, 0.1) is 12.2 Å². The Balaban J connectivity index is 1.69. The minimum Gasteiger partial charge on any atom is -0.333 e. The van der Waals surface area contributed by atoms with Crippen LogP contribution in [0.5, 0.6) is 0 Å². The minimum atomic E-state index is -0.268. The van der Waals surface area contributed by atoms with Gasteiger partial charge in [-0.2, -0.15) is 5.10 Å². The first-order chi connectivity index (χ1) is 11.1. The lowest BCUT2D eigenvalue weighted by atomic mass is 10.0. The molecule has 1 amide bonds. The number of carbonyl (C=O) groups excluding carboxylic acids is 1. The SMILES string of the molecule is Cn1cc(CCC(=O)N2CCNCC2c2cccc(F)c2)cn1. The molecular weight excluding hydrogens is 295 g/mol. The van der Waals surface area contributed by atoms with Gasteiger partial charge < -0.3 is 10.2 Å². The molecule has 0 aliphatic carbocycles. The number of nitrogens with zero attached hydrogens (tertiary/aromatic N) is 3. The van der Waals surface area contributed by atoms with Gasteiger partial charge in [-0.25, -0.2) is 4.39 Å². The summed E-state index contributed by atoms with van der Waals surface area (Å²) in [5, 5.41) is 7.40. The fraction of sp³-hybridized carbons (Fsp3) is 0.412. The number of hydrogen-bond acceptors (Lipinski definition) is 3. The third-order valence-corrected chi connectivity index (χ3v) is 4.18. The summed E-state index contributed by atoms with van der Waals surface area (Å²) in [6, 6.07) is 6.40. The van der Waals surface area contributed by atoms with Crippen LogP contribution in [0.3, 0.4) is 0 Å². The van der Waals surface area contributed by atoms with Crippen molar-refractivity contribution in [3.8, 4) is 0 Å². The Morgan fingerprint density at radius 1 is 1.48 bits per heavy atom.